The lowest BCUT2D eigenvalue weighted by Crippen LogP contribution is -2.50. The summed E-state index contributed by atoms with van der Waals surface area (Å²) in [4.78, 5) is 35.7. The summed E-state index contributed by atoms with van der Waals surface area (Å²) in [5.41, 5.74) is 9.30. The third-order valence-corrected chi connectivity index (χ3v) is 10.5. The van der Waals surface area contributed by atoms with Gasteiger partial charge in [-0.05, 0) is 91.7 Å². The molecule has 9 heteroatoms. The van der Waals surface area contributed by atoms with E-state index in [1.807, 2.05) is 31.7 Å². The minimum atomic E-state index is -1.23. The minimum Gasteiger partial charge on any atom is -0.478 e. The van der Waals surface area contributed by atoms with Crippen LogP contribution in [-0.2, 0) is 0 Å². The summed E-state index contributed by atoms with van der Waals surface area (Å²) in [5.74, 6) is 0.581. The maximum Gasteiger partial charge on any atom is 0.339 e. The first-order chi connectivity index (χ1) is 21.8. The molecule has 0 aliphatic carbocycles. The van der Waals surface area contributed by atoms with Crippen LogP contribution in [0.25, 0.3) is 22.1 Å². The number of carbonyl (C=O) groups is 1. The van der Waals surface area contributed by atoms with Gasteiger partial charge in [-0.1, -0.05) is 55.9 Å². The fraction of sp³-hybridized carbons (Fsp3) is 0.306. The van der Waals surface area contributed by atoms with E-state index < -0.39 is 5.97 Å². The van der Waals surface area contributed by atoms with Crippen molar-refractivity contribution in [2.45, 2.75) is 42.4 Å². The number of para-hydroxylation sites is 2. The summed E-state index contributed by atoms with van der Waals surface area (Å²) >= 11 is 1.91. The summed E-state index contributed by atoms with van der Waals surface area (Å²) in [6, 6.07) is 24.4. The van der Waals surface area contributed by atoms with Crippen LogP contribution in [0.1, 0.15) is 48.5 Å². The van der Waals surface area contributed by atoms with Gasteiger partial charge in [0.05, 0.1) is 22.1 Å². The van der Waals surface area contributed by atoms with Crippen molar-refractivity contribution in [3.05, 3.63) is 94.1 Å². The van der Waals surface area contributed by atoms with E-state index in [1.165, 1.54) is 59.7 Å². The first-order valence-corrected chi connectivity index (χ1v) is 16.3. The molecule has 230 valence electrons. The number of hydrogen-bond acceptors (Lipinski definition) is 8. The van der Waals surface area contributed by atoms with Gasteiger partial charge in [0.25, 0.3) is 0 Å². The van der Waals surface area contributed by atoms with Crippen molar-refractivity contribution in [2.75, 3.05) is 36.8 Å². The molecule has 0 spiro atoms. The molecule has 6 heterocycles. The van der Waals surface area contributed by atoms with Crippen LogP contribution in [0.5, 0.6) is 0 Å². The molecule has 4 aliphatic rings. The number of aromatic nitrogens is 1. The number of benzene rings is 3. The lowest BCUT2D eigenvalue weighted by atomic mass is 9.78. The van der Waals surface area contributed by atoms with Gasteiger partial charge in [-0.3, -0.25) is 4.79 Å². The van der Waals surface area contributed by atoms with Gasteiger partial charge in [0.2, 0.25) is 11.1 Å². The highest BCUT2D eigenvalue weighted by Crippen LogP contribution is 2.49. The van der Waals surface area contributed by atoms with E-state index in [4.69, 9.17) is 15.3 Å². The van der Waals surface area contributed by atoms with Gasteiger partial charge < -0.3 is 25.1 Å². The van der Waals surface area contributed by atoms with E-state index in [9.17, 15) is 9.59 Å². The summed E-state index contributed by atoms with van der Waals surface area (Å²) in [6.07, 6.45) is 2.80. The Morgan fingerprint density at radius 3 is 2.27 bits per heavy atom. The van der Waals surface area contributed by atoms with Crippen LogP contribution in [0.3, 0.4) is 0 Å². The Labute approximate surface area is 265 Å². The second kappa shape index (κ2) is 11.9. The van der Waals surface area contributed by atoms with E-state index in [1.54, 1.807) is 12.1 Å². The van der Waals surface area contributed by atoms with E-state index in [2.05, 4.69) is 63.3 Å². The predicted molar refractivity (Wildman–Crippen MR) is 180 cm³/mol. The summed E-state index contributed by atoms with van der Waals surface area (Å²) < 4.78 is 5.59. The summed E-state index contributed by atoms with van der Waals surface area (Å²) in [7, 11) is 0. The Morgan fingerprint density at radius 2 is 1.67 bits per heavy atom. The lowest BCUT2D eigenvalue weighted by Gasteiger charge is -2.47. The molecule has 8 nitrogen and oxygen atoms in total. The van der Waals surface area contributed by atoms with Crippen molar-refractivity contribution < 1.29 is 14.3 Å². The molecule has 3 fully saturated rings. The number of piperidine rings is 3. The van der Waals surface area contributed by atoms with E-state index in [0.717, 1.165) is 23.9 Å². The Kier molecular flexibility index (Phi) is 7.75. The maximum absolute atomic E-state index is 12.6. The predicted octanol–water partition coefficient (Wildman–Crippen LogP) is 7.38. The lowest BCUT2D eigenvalue weighted by molar-refractivity contribution is 0.0553. The fourth-order valence-corrected chi connectivity index (χ4v) is 7.95. The van der Waals surface area contributed by atoms with Gasteiger partial charge in [0.15, 0.2) is 0 Å². The topological polar surface area (TPSA) is 113 Å². The number of nitrogens with zero attached hydrogens (tertiary/aromatic N) is 3. The molecule has 5 aromatic rings. The van der Waals surface area contributed by atoms with E-state index in [-0.39, 0.29) is 33.8 Å². The van der Waals surface area contributed by atoms with Gasteiger partial charge in [-0.25, -0.2) is 4.79 Å². The van der Waals surface area contributed by atoms with Gasteiger partial charge in [-0.15, -0.1) is 0 Å². The number of carboxylic acid groups (broad SMARTS) is 1. The van der Waals surface area contributed by atoms with Crippen molar-refractivity contribution in [1.82, 2.24) is 9.88 Å². The van der Waals surface area contributed by atoms with E-state index >= 15 is 0 Å². The van der Waals surface area contributed by atoms with Crippen LogP contribution < -0.4 is 16.1 Å². The number of nitrogen functional groups attached to an aromatic ring is 1. The SMILES string of the molecule is CC(C)c1ccc2oc3nc(N)c(C(=O)O)cc3c(=O)c2c1.c1ccc2c(c1)Sc1ccccc1N2CC1CN2CCC1CC2. The van der Waals surface area contributed by atoms with Gasteiger partial charge >= 0.3 is 5.97 Å². The average Bonchev–Trinajstić information content (AvgIpc) is 3.05. The highest BCUT2D eigenvalue weighted by atomic mass is 32.2. The van der Waals surface area contributed by atoms with Crippen LogP contribution in [0, 0.1) is 11.8 Å². The number of rotatable bonds is 4. The number of aromatic carboxylic acids is 1. The molecule has 2 bridgehead atoms. The molecule has 3 aromatic carbocycles. The van der Waals surface area contributed by atoms with Crippen molar-refractivity contribution >= 4 is 57.0 Å². The molecular formula is C36H36N4O4S. The molecule has 1 atom stereocenters. The largest absolute Gasteiger partial charge is 0.478 e. The smallest absolute Gasteiger partial charge is 0.339 e. The Bertz CT molecular complexity index is 1940. The molecule has 4 aliphatic heterocycles. The molecule has 9 rings (SSSR count). The summed E-state index contributed by atoms with van der Waals surface area (Å²) in [6.45, 7) is 9.14. The zero-order valence-corrected chi connectivity index (χ0v) is 26.2. The molecule has 2 aromatic heterocycles. The third-order valence-electron chi connectivity index (χ3n) is 9.35. The number of hydrogen-bond donors (Lipinski definition) is 2. The van der Waals surface area contributed by atoms with Crippen LogP contribution in [0.4, 0.5) is 17.2 Å². The maximum atomic E-state index is 12.6. The number of fused-ring (bicyclic) bond motifs is 7. The Hall–Kier alpha value is -4.34. The molecule has 3 N–H and O–H groups in total. The number of pyridine rings is 1. The molecule has 45 heavy (non-hydrogen) atoms. The zero-order chi connectivity index (χ0) is 31.2. The zero-order valence-electron chi connectivity index (χ0n) is 25.4. The van der Waals surface area contributed by atoms with Gasteiger partial charge in [0.1, 0.15) is 17.0 Å². The molecule has 1 unspecified atom stereocenters. The van der Waals surface area contributed by atoms with Crippen molar-refractivity contribution in [3.8, 4) is 0 Å². The fourth-order valence-electron chi connectivity index (χ4n) is 6.85. The highest BCUT2D eigenvalue weighted by Gasteiger charge is 2.36. The van der Waals surface area contributed by atoms with Crippen molar-refractivity contribution in [3.63, 3.8) is 0 Å². The molecule has 0 saturated carbocycles. The molecule has 0 amide bonds. The second-order valence-electron chi connectivity index (χ2n) is 12.5. The number of carboxylic acids is 1. The second-order valence-corrected chi connectivity index (χ2v) is 13.6. The average molecular weight is 621 g/mol. The normalized spacial score (nSPS) is 20.1. The quantitative estimate of drug-likeness (QED) is 0.199. The molecular weight excluding hydrogens is 584 g/mol. The van der Waals surface area contributed by atoms with Gasteiger partial charge in [0, 0.05) is 22.9 Å². The van der Waals surface area contributed by atoms with Crippen molar-refractivity contribution in [2.24, 2.45) is 11.8 Å². The number of anilines is 3. The Morgan fingerprint density at radius 1 is 1.00 bits per heavy atom. The van der Waals surface area contributed by atoms with Crippen LogP contribution in [0.2, 0.25) is 0 Å². The first-order valence-electron chi connectivity index (χ1n) is 15.5. The van der Waals surface area contributed by atoms with Crippen LogP contribution >= 0.6 is 11.8 Å². The summed E-state index contributed by atoms with van der Waals surface area (Å²) in [5, 5.41) is 9.61. The highest BCUT2D eigenvalue weighted by molar-refractivity contribution is 7.99. The molecule has 3 saturated heterocycles. The first kappa shape index (κ1) is 29.4. The molecule has 0 radical (unpaired) electrons. The van der Waals surface area contributed by atoms with Crippen LogP contribution in [0.15, 0.2) is 91.8 Å². The van der Waals surface area contributed by atoms with Crippen LogP contribution in [-0.4, -0.2) is 47.1 Å². The third kappa shape index (κ3) is 5.55. The minimum absolute atomic E-state index is 0.0392. The van der Waals surface area contributed by atoms with Crippen molar-refractivity contribution in [1.29, 1.82) is 0 Å². The Balaban J connectivity index is 0.000000145. The van der Waals surface area contributed by atoms with E-state index in [0.29, 0.717) is 11.0 Å². The standard InChI is InChI=1S/C20H22N2S.C16H14N2O4/c1-3-7-19-17(5-1)22(18-6-2-4-8-20(18)23-19)14-16-13-21-11-9-15(16)10-12-21;1-7(2)8-3-4-12-9(5-8)13(19)10-6-11(16(20)21)14(17)18-15(10)22-12/h1-8,15-16H,9-14H2;3-7H,1-2H3,(H2,17,18)(H,20,21). The number of nitrogens with two attached hydrogens (primary N) is 1. The van der Waals surface area contributed by atoms with Gasteiger partial charge in [-0.2, -0.15) is 4.98 Å². The monoisotopic (exact) mass is 620 g/mol.